The first kappa shape index (κ1) is 12.1. The first-order valence-corrected chi connectivity index (χ1v) is 6.30. The number of aromatic nitrogens is 1. The summed E-state index contributed by atoms with van der Waals surface area (Å²) >= 11 is 0. The Bertz CT molecular complexity index is 629. The number of hydrogen-bond donors (Lipinski definition) is 2. The van der Waals surface area contributed by atoms with Crippen molar-refractivity contribution in [2.45, 2.75) is 24.9 Å². The Morgan fingerprint density at radius 1 is 1.32 bits per heavy atom. The average Bonchev–Trinajstić information content (AvgIpc) is 2.72. The average molecular weight is 258 g/mol. The molecule has 1 heterocycles. The van der Waals surface area contributed by atoms with Crippen molar-refractivity contribution in [3.63, 3.8) is 0 Å². The van der Waals surface area contributed by atoms with Crippen LogP contribution in [0.4, 0.5) is 10.2 Å². The van der Waals surface area contributed by atoms with Crippen LogP contribution in [0.5, 0.6) is 0 Å². The zero-order valence-electron chi connectivity index (χ0n) is 10.4. The van der Waals surface area contributed by atoms with Gasteiger partial charge in [0.15, 0.2) is 0 Å². The topological polar surface area (TPSA) is 59.1 Å². The molecule has 0 spiro atoms. The third kappa shape index (κ3) is 1.98. The van der Waals surface area contributed by atoms with Gasteiger partial charge in [-0.15, -0.1) is 0 Å². The lowest BCUT2D eigenvalue weighted by molar-refractivity contribution is 0.0390. The highest BCUT2D eigenvalue weighted by Gasteiger charge is 2.38. The fraction of sp³-hybridized carbons (Fsp3) is 0.267. The van der Waals surface area contributed by atoms with Crippen LogP contribution in [0.15, 0.2) is 36.5 Å². The standard InChI is InChI=1S/C15H15FN2O/c16-13-5-1-4-12-11(13)6-7-15(12,19)9-10-3-2-8-18-14(10)17/h1-5,8,19H,6-7,9H2,(H2,17,18). The van der Waals surface area contributed by atoms with Gasteiger partial charge in [-0.3, -0.25) is 0 Å². The summed E-state index contributed by atoms with van der Waals surface area (Å²) in [4.78, 5) is 4.02. The summed E-state index contributed by atoms with van der Waals surface area (Å²) in [5.41, 5.74) is 6.85. The normalized spacial score (nSPS) is 21.4. The van der Waals surface area contributed by atoms with Gasteiger partial charge in [0.05, 0.1) is 5.60 Å². The van der Waals surface area contributed by atoms with Crippen molar-refractivity contribution in [1.29, 1.82) is 0 Å². The lowest BCUT2D eigenvalue weighted by Crippen LogP contribution is -2.26. The summed E-state index contributed by atoms with van der Waals surface area (Å²) < 4.78 is 13.7. The van der Waals surface area contributed by atoms with E-state index in [1.165, 1.54) is 6.07 Å². The van der Waals surface area contributed by atoms with E-state index < -0.39 is 5.60 Å². The molecule has 1 atom stereocenters. The van der Waals surface area contributed by atoms with Gasteiger partial charge in [0.1, 0.15) is 11.6 Å². The lowest BCUT2D eigenvalue weighted by atomic mass is 9.89. The Hall–Kier alpha value is -1.94. The molecule has 1 aliphatic rings. The van der Waals surface area contributed by atoms with Gasteiger partial charge in [-0.25, -0.2) is 9.37 Å². The Kier molecular flexibility index (Phi) is 2.75. The van der Waals surface area contributed by atoms with E-state index in [2.05, 4.69) is 4.98 Å². The highest BCUT2D eigenvalue weighted by Crippen LogP contribution is 2.40. The minimum atomic E-state index is -1.05. The van der Waals surface area contributed by atoms with E-state index in [1.54, 1.807) is 24.4 Å². The van der Waals surface area contributed by atoms with E-state index in [1.807, 2.05) is 6.07 Å². The number of halogens is 1. The van der Waals surface area contributed by atoms with Crippen LogP contribution in [0, 0.1) is 5.82 Å². The molecule has 98 valence electrons. The maximum Gasteiger partial charge on any atom is 0.126 e. The van der Waals surface area contributed by atoms with E-state index in [9.17, 15) is 9.50 Å². The van der Waals surface area contributed by atoms with Crippen molar-refractivity contribution >= 4 is 5.82 Å². The smallest absolute Gasteiger partial charge is 0.126 e. The molecule has 19 heavy (non-hydrogen) atoms. The van der Waals surface area contributed by atoms with Crippen LogP contribution in [0.3, 0.4) is 0 Å². The number of rotatable bonds is 2. The SMILES string of the molecule is Nc1ncccc1CC1(O)CCc2c(F)cccc21. The third-order valence-corrected chi connectivity index (χ3v) is 3.82. The minimum absolute atomic E-state index is 0.243. The summed E-state index contributed by atoms with van der Waals surface area (Å²) in [5.74, 6) is 0.174. The van der Waals surface area contributed by atoms with Crippen molar-refractivity contribution in [2.24, 2.45) is 0 Å². The molecule has 0 radical (unpaired) electrons. The lowest BCUT2D eigenvalue weighted by Gasteiger charge is -2.24. The van der Waals surface area contributed by atoms with E-state index in [-0.39, 0.29) is 5.82 Å². The van der Waals surface area contributed by atoms with Gasteiger partial charge in [0.25, 0.3) is 0 Å². The summed E-state index contributed by atoms with van der Waals surface area (Å²) in [6.45, 7) is 0. The first-order chi connectivity index (χ1) is 9.10. The maximum absolute atomic E-state index is 13.7. The number of nitrogen functional groups attached to an aromatic ring is 1. The molecule has 3 rings (SSSR count). The molecule has 4 heteroatoms. The van der Waals surface area contributed by atoms with Crippen LogP contribution in [0.1, 0.15) is 23.1 Å². The summed E-state index contributed by atoms with van der Waals surface area (Å²) in [7, 11) is 0. The van der Waals surface area contributed by atoms with Crippen LogP contribution in [0.25, 0.3) is 0 Å². The molecule has 1 aromatic carbocycles. The van der Waals surface area contributed by atoms with Crippen molar-refractivity contribution in [2.75, 3.05) is 5.73 Å². The first-order valence-electron chi connectivity index (χ1n) is 6.30. The Labute approximate surface area is 110 Å². The number of nitrogens with two attached hydrogens (primary N) is 1. The van der Waals surface area contributed by atoms with Crippen LogP contribution in [0.2, 0.25) is 0 Å². The predicted octanol–water partition coefficient (Wildman–Crippen LogP) is 2.18. The molecule has 0 saturated heterocycles. The largest absolute Gasteiger partial charge is 0.385 e. The van der Waals surface area contributed by atoms with Gasteiger partial charge in [-0.05, 0) is 41.7 Å². The summed E-state index contributed by atoms with van der Waals surface area (Å²) in [6.07, 6.45) is 3.05. The molecule has 3 nitrogen and oxygen atoms in total. The fourth-order valence-electron chi connectivity index (χ4n) is 2.81. The van der Waals surface area contributed by atoms with Gasteiger partial charge in [-0.2, -0.15) is 0 Å². The van der Waals surface area contributed by atoms with Crippen LogP contribution >= 0.6 is 0 Å². The molecule has 2 aromatic rings. The number of nitrogens with zero attached hydrogens (tertiary/aromatic N) is 1. The predicted molar refractivity (Wildman–Crippen MR) is 71.0 cm³/mol. The van der Waals surface area contributed by atoms with E-state index in [0.29, 0.717) is 36.2 Å². The van der Waals surface area contributed by atoms with E-state index >= 15 is 0 Å². The highest BCUT2D eigenvalue weighted by molar-refractivity contribution is 5.44. The van der Waals surface area contributed by atoms with Crippen LogP contribution < -0.4 is 5.73 Å². The van der Waals surface area contributed by atoms with Crippen molar-refractivity contribution in [3.05, 3.63) is 59.0 Å². The van der Waals surface area contributed by atoms with Gasteiger partial charge in [0.2, 0.25) is 0 Å². The third-order valence-electron chi connectivity index (χ3n) is 3.82. The van der Waals surface area contributed by atoms with Crippen LogP contribution in [-0.2, 0) is 18.4 Å². The molecule has 0 bridgehead atoms. The van der Waals surface area contributed by atoms with Gasteiger partial charge in [-0.1, -0.05) is 18.2 Å². The number of hydrogen-bond acceptors (Lipinski definition) is 3. The highest BCUT2D eigenvalue weighted by atomic mass is 19.1. The Morgan fingerprint density at radius 3 is 2.95 bits per heavy atom. The molecular weight excluding hydrogens is 243 g/mol. The van der Waals surface area contributed by atoms with Gasteiger partial charge < -0.3 is 10.8 Å². The second-order valence-electron chi connectivity index (χ2n) is 5.02. The fourth-order valence-corrected chi connectivity index (χ4v) is 2.81. The number of benzene rings is 1. The molecule has 3 N–H and O–H groups in total. The van der Waals surface area contributed by atoms with Gasteiger partial charge >= 0.3 is 0 Å². The molecular formula is C15H15FN2O. The zero-order valence-corrected chi connectivity index (χ0v) is 10.4. The number of anilines is 1. The molecule has 0 aliphatic heterocycles. The molecule has 1 aromatic heterocycles. The van der Waals surface area contributed by atoms with Crippen molar-refractivity contribution < 1.29 is 9.50 Å². The summed E-state index contributed by atoms with van der Waals surface area (Å²) in [6, 6.07) is 8.49. The minimum Gasteiger partial charge on any atom is -0.385 e. The maximum atomic E-state index is 13.7. The van der Waals surface area contributed by atoms with Crippen molar-refractivity contribution in [3.8, 4) is 0 Å². The molecule has 1 unspecified atom stereocenters. The molecule has 0 amide bonds. The quantitative estimate of drug-likeness (QED) is 0.868. The number of fused-ring (bicyclic) bond motifs is 1. The zero-order chi connectivity index (χ0) is 13.5. The second-order valence-corrected chi connectivity index (χ2v) is 5.02. The van der Waals surface area contributed by atoms with E-state index in [0.717, 1.165) is 5.56 Å². The van der Waals surface area contributed by atoms with Crippen LogP contribution in [-0.4, -0.2) is 10.1 Å². The molecule has 0 fully saturated rings. The second kappa shape index (κ2) is 4.31. The molecule has 0 saturated carbocycles. The number of pyridine rings is 1. The van der Waals surface area contributed by atoms with E-state index in [4.69, 9.17) is 5.73 Å². The molecule has 1 aliphatic carbocycles. The number of aliphatic hydroxyl groups is 1. The summed E-state index contributed by atoms with van der Waals surface area (Å²) in [5, 5.41) is 10.8. The Morgan fingerprint density at radius 2 is 2.16 bits per heavy atom. The monoisotopic (exact) mass is 258 g/mol. The van der Waals surface area contributed by atoms with Crippen molar-refractivity contribution in [1.82, 2.24) is 4.98 Å². The van der Waals surface area contributed by atoms with Gasteiger partial charge in [0, 0.05) is 12.6 Å². The Balaban J connectivity index is 1.99.